The van der Waals surface area contributed by atoms with Crippen molar-refractivity contribution in [1.29, 1.82) is 0 Å². The first-order valence-electron chi connectivity index (χ1n) is 5.07. The average molecular weight is 214 g/mol. The molecule has 86 valence electrons. The summed E-state index contributed by atoms with van der Waals surface area (Å²) in [6, 6.07) is 0. The number of esters is 1. The number of ketones is 1. The van der Waals surface area contributed by atoms with E-state index in [-0.39, 0.29) is 12.4 Å². The van der Waals surface area contributed by atoms with Crippen LogP contribution >= 0.6 is 0 Å². The zero-order valence-corrected chi connectivity index (χ0v) is 9.49. The van der Waals surface area contributed by atoms with Crippen LogP contribution in [0.4, 0.5) is 0 Å². The third-order valence-electron chi connectivity index (χ3n) is 1.79. The summed E-state index contributed by atoms with van der Waals surface area (Å²) in [6.45, 7) is 5.82. The molecule has 1 unspecified atom stereocenters. The van der Waals surface area contributed by atoms with Crippen LogP contribution < -0.4 is 0 Å². The SMILES string of the molecule is CCO/C=C\CC(C(C)=O)C(=O)OCC. The molecule has 4 nitrogen and oxygen atoms in total. The van der Waals surface area contributed by atoms with Gasteiger partial charge in [0.05, 0.1) is 19.5 Å². The van der Waals surface area contributed by atoms with Gasteiger partial charge in [0.1, 0.15) is 11.7 Å². The van der Waals surface area contributed by atoms with E-state index in [1.807, 2.05) is 6.92 Å². The van der Waals surface area contributed by atoms with Crippen LogP contribution in [-0.2, 0) is 19.1 Å². The first kappa shape index (κ1) is 13.7. The molecular weight excluding hydrogens is 196 g/mol. The van der Waals surface area contributed by atoms with E-state index in [9.17, 15) is 9.59 Å². The van der Waals surface area contributed by atoms with Gasteiger partial charge < -0.3 is 9.47 Å². The summed E-state index contributed by atoms with van der Waals surface area (Å²) >= 11 is 0. The second-order valence-electron chi connectivity index (χ2n) is 2.98. The van der Waals surface area contributed by atoms with Crippen LogP contribution in [0, 0.1) is 5.92 Å². The van der Waals surface area contributed by atoms with Crippen LogP contribution in [-0.4, -0.2) is 25.0 Å². The van der Waals surface area contributed by atoms with E-state index in [4.69, 9.17) is 9.47 Å². The summed E-state index contributed by atoms with van der Waals surface area (Å²) in [4.78, 5) is 22.5. The number of Topliss-reactive ketones (excluding diaryl/α,β-unsaturated/α-hetero) is 1. The average Bonchev–Trinajstić information content (AvgIpc) is 2.17. The molecule has 0 fully saturated rings. The zero-order valence-electron chi connectivity index (χ0n) is 9.49. The number of carbonyl (C=O) groups is 2. The van der Waals surface area contributed by atoms with Gasteiger partial charge >= 0.3 is 5.97 Å². The number of rotatable bonds is 7. The van der Waals surface area contributed by atoms with Crippen molar-refractivity contribution < 1.29 is 19.1 Å². The fourth-order valence-corrected chi connectivity index (χ4v) is 1.03. The van der Waals surface area contributed by atoms with Gasteiger partial charge in [0.2, 0.25) is 0 Å². The van der Waals surface area contributed by atoms with Crippen LogP contribution in [0.15, 0.2) is 12.3 Å². The molecule has 0 saturated carbocycles. The largest absolute Gasteiger partial charge is 0.502 e. The van der Waals surface area contributed by atoms with Crippen molar-refractivity contribution in [3.05, 3.63) is 12.3 Å². The molecule has 0 aromatic heterocycles. The van der Waals surface area contributed by atoms with Crippen molar-refractivity contribution in [1.82, 2.24) is 0 Å². The molecule has 0 heterocycles. The van der Waals surface area contributed by atoms with Crippen LogP contribution in [0.5, 0.6) is 0 Å². The van der Waals surface area contributed by atoms with Crippen LogP contribution in [0.2, 0.25) is 0 Å². The predicted octanol–water partition coefficient (Wildman–Crippen LogP) is 1.70. The molecule has 0 spiro atoms. The van der Waals surface area contributed by atoms with Gasteiger partial charge in [0.15, 0.2) is 0 Å². The van der Waals surface area contributed by atoms with Crippen molar-refractivity contribution in [3.8, 4) is 0 Å². The van der Waals surface area contributed by atoms with Crippen molar-refractivity contribution in [2.75, 3.05) is 13.2 Å². The number of hydrogen-bond acceptors (Lipinski definition) is 4. The minimum atomic E-state index is -0.707. The lowest BCUT2D eigenvalue weighted by atomic mass is 10.0. The van der Waals surface area contributed by atoms with E-state index < -0.39 is 11.9 Å². The summed E-state index contributed by atoms with van der Waals surface area (Å²) in [5.41, 5.74) is 0. The molecule has 15 heavy (non-hydrogen) atoms. The number of carbonyl (C=O) groups excluding carboxylic acids is 2. The lowest BCUT2D eigenvalue weighted by Gasteiger charge is -2.09. The highest BCUT2D eigenvalue weighted by atomic mass is 16.5. The molecule has 0 rings (SSSR count). The molecule has 1 atom stereocenters. The standard InChI is InChI=1S/C11H18O4/c1-4-14-8-6-7-10(9(3)12)11(13)15-5-2/h6,8,10H,4-5,7H2,1-3H3/b8-6-. The van der Waals surface area contributed by atoms with Crippen molar-refractivity contribution >= 4 is 11.8 Å². The fraction of sp³-hybridized carbons (Fsp3) is 0.636. The van der Waals surface area contributed by atoms with E-state index in [1.165, 1.54) is 13.2 Å². The van der Waals surface area contributed by atoms with Crippen LogP contribution in [0.3, 0.4) is 0 Å². The van der Waals surface area contributed by atoms with E-state index in [0.29, 0.717) is 13.0 Å². The summed E-state index contributed by atoms with van der Waals surface area (Å²) in [5.74, 6) is -1.36. The molecule has 0 amide bonds. The molecule has 0 aliphatic heterocycles. The van der Waals surface area contributed by atoms with Gasteiger partial charge in [-0.25, -0.2) is 0 Å². The Kier molecular flexibility index (Phi) is 7.32. The van der Waals surface area contributed by atoms with E-state index >= 15 is 0 Å². The molecule has 0 aliphatic rings. The molecule has 0 bridgehead atoms. The maximum absolute atomic E-state index is 11.3. The first-order chi connectivity index (χ1) is 7.13. The van der Waals surface area contributed by atoms with Crippen molar-refractivity contribution in [2.45, 2.75) is 27.2 Å². The third kappa shape index (κ3) is 5.88. The lowest BCUT2D eigenvalue weighted by Crippen LogP contribution is -2.23. The smallest absolute Gasteiger partial charge is 0.316 e. The molecule has 0 saturated heterocycles. The van der Waals surface area contributed by atoms with Gasteiger partial charge in [-0.15, -0.1) is 0 Å². The second kappa shape index (κ2) is 8.03. The van der Waals surface area contributed by atoms with Gasteiger partial charge in [-0.2, -0.15) is 0 Å². The molecule has 0 aliphatic carbocycles. The maximum atomic E-state index is 11.3. The Morgan fingerprint density at radius 3 is 2.40 bits per heavy atom. The first-order valence-corrected chi connectivity index (χ1v) is 5.07. The van der Waals surface area contributed by atoms with Crippen LogP contribution in [0.1, 0.15) is 27.2 Å². The van der Waals surface area contributed by atoms with Crippen LogP contribution in [0.25, 0.3) is 0 Å². The minimum Gasteiger partial charge on any atom is -0.502 e. The third-order valence-corrected chi connectivity index (χ3v) is 1.79. The quantitative estimate of drug-likeness (QED) is 0.367. The van der Waals surface area contributed by atoms with Gasteiger partial charge in [-0.05, 0) is 33.3 Å². The van der Waals surface area contributed by atoms with E-state index in [0.717, 1.165) is 0 Å². The Morgan fingerprint density at radius 2 is 1.93 bits per heavy atom. The predicted molar refractivity (Wildman–Crippen MR) is 56.2 cm³/mol. The monoisotopic (exact) mass is 214 g/mol. The van der Waals surface area contributed by atoms with Gasteiger partial charge in [0.25, 0.3) is 0 Å². The summed E-state index contributed by atoms with van der Waals surface area (Å²) in [7, 11) is 0. The minimum absolute atomic E-state index is 0.186. The Balaban J connectivity index is 4.16. The Morgan fingerprint density at radius 1 is 1.27 bits per heavy atom. The van der Waals surface area contributed by atoms with Gasteiger partial charge in [-0.3, -0.25) is 9.59 Å². The molecule has 0 aromatic carbocycles. The molecule has 0 N–H and O–H groups in total. The molecule has 0 radical (unpaired) electrons. The molecule has 0 aromatic rings. The van der Waals surface area contributed by atoms with Gasteiger partial charge in [-0.1, -0.05) is 0 Å². The number of allylic oxidation sites excluding steroid dienone is 1. The second-order valence-corrected chi connectivity index (χ2v) is 2.98. The Bertz CT molecular complexity index is 233. The highest BCUT2D eigenvalue weighted by Crippen LogP contribution is 2.08. The summed E-state index contributed by atoms with van der Waals surface area (Å²) in [6.07, 6.45) is 3.48. The van der Waals surface area contributed by atoms with Gasteiger partial charge in [0, 0.05) is 0 Å². The van der Waals surface area contributed by atoms with Crippen molar-refractivity contribution in [3.63, 3.8) is 0 Å². The van der Waals surface area contributed by atoms with E-state index in [2.05, 4.69) is 0 Å². The fourth-order valence-electron chi connectivity index (χ4n) is 1.03. The molecule has 4 heteroatoms. The normalized spacial score (nSPS) is 12.5. The zero-order chi connectivity index (χ0) is 11.7. The Labute approximate surface area is 90.2 Å². The number of ether oxygens (including phenoxy) is 2. The highest BCUT2D eigenvalue weighted by molar-refractivity contribution is 5.97. The van der Waals surface area contributed by atoms with E-state index in [1.54, 1.807) is 13.0 Å². The highest BCUT2D eigenvalue weighted by Gasteiger charge is 2.22. The maximum Gasteiger partial charge on any atom is 0.316 e. The topological polar surface area (TPSA) is 52.6 Å². The van der Waals surface area contributed by atoms with Crippen molar-refractivity contribution in [2.24, 2.45) is 5.92 Å². The Hall–Kier alpha value is -1.32. The summed E-state index contributed by atoms with van der Waals surface area (Å²) in [5, 5.41) is 0. The lowest BCUT2D eigenvalue weighted by molar-refractivity contribution is -0.150. The summed E-state index contributed by atoms with van der Waals surface area (Å²) < 4.78 is 9.75. The number of hydrogen-bond donors (Lipinski definition) is 0. The molecular formula is C11H18O4.